The van der Waals surface area contributed by atoms with Crippen molar-refractivity contribution < 1.29 is 9.84 Å². The molecule has 1 aliphatic rings. The lowest BCUT2D eigenvalue weighted by Gasteiger charge is -2.24. The highest BCUT2D eigenvalue weighted by atomic mass is 16.5. The van der Waals surface area contributed by atoms with Gasteiger partial charge in [0.1, 0.15) is 0 Å². The summed E-state index contributed by atoms with van der Waals surface area (Å²) in [5.74, 6) is 0. The molecule has 14 heavy (non-hydrogen) atoms. The van der Waals surface area contributed by atoms with E-state index in [-0.39, 0.29) is 0 Å². The van der Waals surface area contributed by atoms with Crippen LogP contribution in [0.25, 0.3) is 0 Å². The molecule has 0 aromatic heterocycles. The van der Waals surface area contributed by atoms with Crippen molar-refractivity contribution in [3.05, 3.63) is 12.7 Å². The van der Waals surface area contributed by atoms with Crippen molar-refractivity contribution in [1.29, 1.82) is 0 Å². The van der Waals surface area contributed by atoms with Crippen molar-refractivity contribution in [3.8, 4) is 0 Å². The van der Waals surface area contributed by atoms with Crippen molar-refractivity contribution in [3.63, 3.8) is 0 Å². The summed E-state index contributed by atoms with van der Waals surface area (Å²) in [4.78, 5) is 0. The Bertz CT molecular complexity index is 169. The number of ether oxygens (including phenoxy) is 1. The molecule has 1 aliphatic carbocycles. The molecule has 0 aromatic rings. The molecule has 82 valence electrons. The Labute approximate surface area is 87.0 Å². The van der Waals surface area contributed by atoms with E-state index in [0.717, 1.165) is 0 Å². The van der Waals surface area contributed by atoms with E-state index < -0.39 is 5.60 Å². The average Bonchev–Trinajstić information content (AvgIpc) is 2.19. The molecule has 1 atom stereocenters. The van der Waals surface area contributed by atoms with Gasteiger partial charge in [-0.3, -0.25) is 0 Å². The summed E-state index contributed by atoms with van der Waals surface area (Å²) in [7, 11) is 0. The minimum absolute atomic E-state index is 0.435. The first kappa shape index (κ1) is 11.7. The van der Waals surface area contributed by atoms with Gasteiger partial charge in [-0.1, -0.05) is 25.3 Å². The van der Waals surface area contributed by atoms with Crippen molar-refractivity contribution >= 4 is 0 Å². The predicted molar refractivity (Wildman–Crippen MR) is 58.3 cm³/mol. The van der Waals surface area contributed by atoms with E-state index in [0.29, 0.717) is 19.1 Å². The van der Waals surface area contributed by atoms with Crippen LogP contribution in [0.3, 0.4) is 0 Å². The number of rotatable bonds is 5. The van der Waals surface area contributed by atoms with E-state index in [4.69, 9.17) is 4.74 Å². The maximum Gasteiger partial charge on any atom is 0.0819 e. The van der Waals surface area contributed by atoms with Crippen LogP contribution in [0.1, 0.15) is 45.4 Å². The van der Waals surface area contributed by atoms with Crippen LogP contribution >= 0.6 is 0 Å². The number of hydrogen-bond donors (Lipinski definition) is 1. The van der Waals surface area contributed by atoms with Crippen LogP contribution in [-0.2, 0) is 4.74 Å². The third kappa shape index (κ3) is 4.25. The molecule has 1 unspecified atom stereocenters. The smallest absolute Gasteiger partial charge is 0.0819 e. The molecule has 0 heterocycles. The molecular weight excluding hydrogens is 176 g/mol. The van der Waals surface area contributed by atoms with Gasteiger partial charge >= 0.3 is 0 Å². The van der Waals surface area contributed by atoms with Crippen LogP contribution in [0.15, 0.2) is 12.7 Å². The van der Waals surface area contributed by atoms with Gasteiger partial charge in [0.25, 0.3) is 0 Å². The highest BCUT2D eigenvalue weighted by Gasteiger charge is 2.17. The second-order valence-electron chi connectivity index (χ2n) is 4.44. The van der Waals surface area contributed by atoms with Gasteiger partial charge < -0.3 is 9.84 Å². The van der Waals surface area contributed by atoms with Gasteiger partial charge in [-0.15, -0.1) is 6.58 Å². The quantitative estimate of drug-likeness (QED) is 0.688. The summed E-state index contributed by atoms with van der Waals surface area (Å²) in [5.41, 5.74) is -0.769. The first-order chi connectivity index (χ1) is 6.64. The van der Waals surface area contributed by atoms with Gasteiger partial charge in [-0.05, 0) is 19.8 Å². The normalized spacial score (nSPS) is 23.0. The molecule has 0 saturated heterocycles. The molecule has 2 nitrogen and oxygen atoms in total. The minimum Gasteiger partial charge on any atom is -0.386 e. The zero-order valence-corrected chi connectivity index (χ0v) is 9.17. The molecule has 1 rings (SSSR count). The molecule has 1 N–H and O–H groups in total. The van der Waals surface area contributed by atoms with E-state index in [1.807, 2.05) is 0 Å². The molecular formula is C12H22O2. The molecule has 0 amide bonds. The van der Waals surface area contributed by atoms with E-state index >= 15 is 0 Å². The molecule has 0 radical (unpaired) electrons. The average molecular weight is 198 g/mol. The third-order valence-electron chi connectivity index (χ3n) is 2.95. The maximum absolute atomic E-state index is 9.65. The fourth-order valence-electron chi connectivity index (χ4n) is 1.77. The topological polar surface area (TPSA) is 29.5 Å². The first-order valence-electron chi connectivity index (χ1n) is 5.61. The number of aliphatic hydroxyl groups is 1. The molecule has 0 bridgehead atoms. The fraction of sp³-hybridized carbons (Fsp3) is 0.833. The van der Waals surface area contributed by atoms with Crippen molar-refractivity contribution in [2.75, 3.05) is 6.61 Å². The summed E-state index contributed by atoms with van der Waals surface area (Å²) in [6, 6.07) is 0. The van der Waals surface area contributed by atoms with Gasteiger partial charge in [0, 0.05) is 13.0 Å². The second kappa shape index (κ2) is 5.52. The molecule has 0 spiro atoms. The fourth-order valence-corrected chi connectivity index (χ4v) is 1.77. The van der Waals surface area contributed by atoms with Gasteiger partial charge in [-0.25, -0.2) is 0 Å². The van der Waals surface area contributed by atoms with E-state index in [9.17, 15) is 5.11 Å². The van der Waals surface area contributed by atoms with Crippen molar-refractivity contribution in [1.82, 2.24) is 0 Å². The molecule has 0 aromatic carbocycles. The summed E-state index contributed by atoms with van der Waals surface area (Å²) < 4.78 is 5.71. The maximum atomic E-state index is 9.65. The van der Waals surface area contributed by atoms with Crippen LogP contribution in [0, 0.1) is 0 Å². The van der Waals surface area contributed by atoms with Crippen molar-refractivity contribution in [2.45, 2.75) is 57.2 Å². The zero-order chi connectivity index (χ0) is 10.4. The largest absolute Gasteiger partial charge is 0.386 e. The van der Waals surface area contributed by atoms with Gasteiger partial charge in [0.15, 0.2) is 0 Å². The molecule has 1 saturated carbocycles. The number of hydrogen-bond acceptors (Lipinski definition) is 2. The van der Waals surface area contributed by atoms with Gasteiger partial charge in [0.05, 0.1) is 11.7 Å². The van der Waals surface area contributed by atoms with Crippen LogP contribution in [0.5, 0.6) is 0 Å². The first-order valence-corrected chi connectivity index (χ1v) is 5.61. The van der Waals surface area contributed by atoms with E-state index in [2.05, 4.69) is 6.58 Å². The third-order valence-corrected chi connectivity index (χ3v) is 2.95. The van der Waals surface area contributed by atoms with E-state index in [1.54, 1.807) is 13.0 Å². The highest BCUT2D eigenvalue weighted by Crippen LogP contribution is 2.21. The van der Waals surface area contributed by atoms with Crippen LogP contribution in [-0.4, -0.2) is 23.4 Å². The summed E-state index contributed by atoms with van der Waals surface area (Å²) in [6.45, 7) is 6.00. The molecule has 2 heteroatoms. The summed E-state index contributed by atoms with van der Waals surface area (Å²) >= 11 is 0. The lowest BCUT2D eigenvalue weighted by atomic mass is 9.97. The Morgan fingerprint density at radius 2 is 2.07 bits per heavy atom. The lowest BCUT2D eigenvalue weighted by Crippen LogP contribution is -2.25. The van der Waals surface area contributed by atoms with Crippen LogP contribution in [0.4, 0.5) is 0 Å². The Morgan fingerprint density at radius 3 is 2.64 bits per heavy atom. The standard InChI is InChI=1S/C12H22O2/c1-3-12(2,13)9-10-14-11-7-5-4-6-8-11/h3,11,13H,1,4-10H2,2H3. The zero-order valence-electron chi connectivity index (χ0n) is 9.17. The Kier molecular flexibility index (Phi) is 4.63. The Balaban J connectivity index is 2.11. The molecule has 1 fully saturated rings. The van der Waals surface area contributed by atoms with E-state index in [1.165, 1.54) is 32.1 Å². The molecule has 0 aliphatic heterocycles. The second-order valence-corrected chi connectivity index (χ2v) is 4.44. The van der Waals surface area contributed by atoms with Crippen LogP contribution < -0.4 is 0 Å². The van der Waals surface area contributed by atoms with Crippen molar-refractivity contribution in [2.24, 2.45) is 0 Å². The van der Waals surface area contributed by atoms with Gasteiger partial charge in [0.2, 0.25) is 0 Å². The summed E-state index contributed by atoms with van der Waals surface area (Å²) in [5, 5.41) is 9.65. The lowest BCUT2D eigenvalue weighted by molar-refractivity contribution is -0.00408. The van der Waals surface area contributed by atoms with Crippen LogP contribution in [0.2, 0.25) is 0 Å². The highest BCUT2D eigenvalue weighted by molar-refractivity contribution is 4.91. The SMILES string of the molecule is C=CC(C)(O)CCOC1CCCCC1. The minimum atomic E-state index is -0.769. The monoisotopic (exact) mass is 198 g/mol. The Morgan fingerprint density at radius 1 is 1.43 bits per heavy atom. The van der Waals surface area contributed by atoms with Gasteiger partial charge in [-0.2, -0.15) is 0 Å². The predicted octanol–water partition coefficient (Wildman–Crippen LogP) is 2.66. The Hall–Kier alpha value is -0.340. The summed E-state index contributed by atoms with van der Waals surface area (Å²) in [6.07, 6.45) is 8.98.